The molecule has 31 heavy (non-hydrogen) atoms. The Bertz CT molecular complexity index is 1080. The Hall–Kier alpha value is -2.32. The van der Waals surface area contributed by atoms with Gasteiger partial charge in [0.25, 0.3) is 0 Å². The first-order chi connectivity index (χ1) is 14.8. The summed E-state index contributed by atoms with van der Waals surface area (Å²) in [5, 5.41) is 2.96. The second kappa shape index (κ2) is 8.67. The van der Waals surface area contributed by atoms with Crippen LogP contribution in [0.1, 0.15) is 24.8 Å². The zero-order chi connectivity index (χ0) is 22.1. The van der Waals surface area contributed by atoms with Gasteiger partial charge in [-0.15, -0.1) is 0 Å². The lowest BCUT2D eigenvalue weighted by Crippen LogP contribution is -2.49. The molecule has 2 aromatic carbocycles. The van der Waals surface area contributed by atoms with Crippen molar-refractivity contribution < 1.29 is 26.7 Å². The van der Waals surface area contributed by atoms with E-state index in [0.29, 0.717) is 44.5 Å². The fourth-order valence-electron chi connectivity index (χ4n) is 4.48. The fraction of sp³-hybridized carbons (Fsp3) is 0.435. The first-order valence-electron chi connectivity index (χ1n) is 10.4. The quantitative estimate of drug-likeness (QED) is 0.761. The third kappa shape index (κ3) is 4.80. The monoisotopic (exact) mass is 449 g/mol. The average Bonchev–Trinajstić information content (AvgIpc) is 3.09. The van der Waals surface area contributed by atoms with Gasteiger partial charge in [-0.1, -0.05) is 30.3 Å². The molecule has 166 valence electrons. The second-order valence-electron chi connectivity index (χ2n) is 8.43. The van der Waals surface area contributed by atoms with Crippen LogP contribution in [0.25, 0.3) is 11.1 Å². The molecular weight excluding hydrogens is 424 g/mol. The van der Waals surface area contributed by atoms with Crippen LogP contribution in [0.2, 0.25) is 0 Å². The van der Waals surface area contributed by atoms with Crippen molar-refractivity contribution in [2.24, 2.45) is 5.41 Å². The lowest BCUT2D eigenvalue weighted by Gasteiger charge is -2.37. The molecule has 0 bridgehead atoms. The Balaban J connectivity index is 1.63. The van der Waals surface area contributed by atoms with Crippen LogP contribution in [0.3, 0.4) is 0 Å². The number of halogens is 2. The Morgan fingerprint density at radius 2 is 1.84 bits per heavy atom. The molecule has 2 aliphatic heterocycles. The molecule has 0 aliphatic carbocycles. The van der Waals surface area contributed by atoms with Crippen LogP contribution >= 0.6 is 0 Å². The van der Waals surface area contributed by atoms with E-state index in [4.69, 9.17) is 4.74 Å². The van der Waals surface area contributed by atoms with E-state index in [0.717, 1.165) is 23.3 Å². The zero-order valence-electron chi connectivity index (χ0n) is 17.1. The van der Waals surface area contributed by atoms with Crippen molar-refractivity contribution >= 4 is 15.7 Å². The molecule has 1 atom stereocenters. The van der Waals surface area contributed by atoms with Crippen molar-refractivity contribution in [3.05, 3.63) is 59.7 Å². The minimum atomic E-state index is -3.11. The van der Waals surface area contributed by atoms with Crippen LogP contribution in [0.15, 0.2) is 42.5 Å². The van der Waals surface area contributed by atoms with Crippen molar-refractivity contribution in [3.63, 3.8) is 0 Å². The molecule has 2 aromatic rings. The summed E-state index contributed by atoms with van der Waals surface area (Å²) in [6.45, 7) is 0.869. The molecule has 8 heteroatoms. The zero-order valence-corrected chi connectivity index (χ0v) is 17.9. The normalized spacial score (nSPS) is 22.2. The van der Waals surface area contributed by atoms with Gasteiger partial charge >= 0.3 is 0 Å². The largest absolute Gasteiger partial charge is 0.381 e. The maximum atomic E-state index is 13.8. The van der Waals surface area contributed by atoms with Crippen molar-refractivity contribution in [1.29, 1.82) is 0 Å². The summed E-state index contributed by atoms with van der Waals surface area (Å²) in [6.07, 6.45) is 1.83. The highest BCUT2D eigenvalue weighted by Crippen LogP contribution is 2.38. The van der Waals surface area contributed by atoms with Crippen LogP contribution in [-0.4, -0.2) is 45.1 Å². The molecule has 0 radical (unpaired) electrons. The molecule has 2 heterocycles. The molecule has 0 unspecified atom stereocenters. The Labute approximate surface area is 180 Å². The van der Waals surface area contributed by atoms with Gasteiger partial charge in [-0.05, 0) is 54.5 Å². The summed E-state index contributed by atoms with van der Waals surface area (Å²) < 4.78 is 56.3. The van der Waals surface area contributed by atoms with Gasteiger partial charge in [-0.2, -0.15) is 0 Å². The van der Waals surface area contributed by atoms with Gasteiger partial charge in [-0.25, -0.2) is 17.2 Å². The first kappa shape index (κ1) is 21.9. The van der Waals surface area contributed by atoms with Crippen LogP contribution in [0.5, 0.6) is 0 Å². The van der Waals surface area contributed by atoms with Gasteiger partial charge in [-0.3, -0.25) is 4.79 Å². The predicted octanol–water partition coefficient (Wildman–Crippen LogP) is 3.27. The van der Waals surface area contributed by atoms with Gasteiger partial charge in [0, 0.05) is 19.3 Å². The molecule has 2 saturated heterocycles. The molecule has 2 aliphatic rings. The molecule has 1 N–H and O–H groups in total. The molecule has 4 rings (SSSR count). The summed E-state index contributed by atoms with van der Waals surface area (Å²) >= 11 is 0. The number of amides is 1. The van der Waals surface area contributed by atoms with Gasteiger partial charge in [0.1, 0.15) is 0 Å². The highest BCUT2D eigenvalue weighted by atomic mass is 32.2. The number of nitrogens with one attached hydrogen (secondary N) is 1. The smallest absolute Gasteiger partial charge is 0.226 e. The first-order valence-corrected chi connectivity index (χ1v) is 12.2. The van der Waals surface area contributed by atoms with Crippen molar-refractivity contribution in [3.8, 4) is 11.1 Å². The predicted molar refractivity (Wildman–Crippen MR) is 113 cm³/mol. The number of ether oxygens (including phenoxy) is 1. The Kier molecular flexibility index (Phi) is 6.12. The van der Waals surface area contributed by atoms with Gasteiger partial charge in [0.2, 0.25) is 5.91 Å². The summed E-state index contributed by atoms with van der Waals surface area (Å²) in [6, 6.07) is 10.8. The summed E-state index contributed by atoms with van der Waals surface area (Å²) in [5.41, 5.74) is 1.38. The highest BCUT2D eigenvalue weighted by molar-refractivity contribution is 7.91. The van der Waals surface area contributed by atoms with E-state index >= 15 is 0 Å². The van der Waals surface area contributed by atoms with Gasteiger partial charge < -0.3 is 10.1 Å². The molecule has 2 fully saturated rings. The summed E-state index contributed by atoms with van der Waals surface area (Å²) in [5.74, 6) is -1.94. The molecule has 5 nitrogen and oxygen atoms in total. The summed E-state index contributed by atoms with van der Waals surface area (Å²) in [7, 11) is -3.11. The van der Waals surface area contributed by atoms with E-state index in [-0.39, 0.29) is 23.5 Å². The number of hydrogen-bond acceptors (Lipinski definition) is 4. The van der Waals surface area contributed by atoms with E-state index < -0.39 is 26.9 Å². The lowest BCUT2D eigenvalue weighted by atomic mass is 9.73. The van der Waals surface area contributed by atoms with Crippen molar-refractivity contribution in [2.45, 2.75) is 31.7 Å². The van der Waals surface area contributed by atoms with E-state index in [1.807, 2.05) is 24.3 Å². The van der Waals surface area contributed by atoms with Crippen LogP contribution in [0.4, 0.5) is 8.78 Å². The van der Waals surface area contributed by atoms with E-state index in [1.54, 1.807) is 0 Å². The fourth-order valence-corrected chi connectivity index (χ4v) is 6.15. The molecule has 0 saturated carbocycles. The van der Waals surface area contributed by atoms with Crippen LogP contribution in [-0.2, 0) is 25.8 Å². The third-order valence-electron chi connectivity index (χ3n) is 6.28. The number of benzene rings is 2. The highest BCUT2D eigenvalue weighted by Gasteiger charge is 2.42. The van der Waals surface area contributed by atoms with Crippen LogP contribution in [0, 0.1) is 17.0 Å². The Morgan fingerprint density at radius 3 is 2.52 bits per heavy atom. The SMILES string of the molecule is O=C(N[C@@H]1CCS(=O)(=O)C1)C1(Cc2ccccc2-c2ccc(F)c(F)c2)CCOCC1. The van der Waals surface area contributed by atoms with Crippen LogP contribution < -0.4 is 5.32 Å². The average molecular weight is 450 g/mol. The maximum absolute atomic E-state index is 13.8. The lowest BCUT2D eigenvalue weighted by molar-refractivity contribution is -0.137. The third-order valence-corrected chi connectivity index (χ3v) is 8.04. The molecule has 0 aromatic heterocycles. The van der Waals surface area contributed by atoms with Gasteiger partial charge in [0.15, 0.2) is 21.5 Å². The minimum Gasteiger partial charge on any atom is -0.381 e. The number of hydrogen-bond donors (Lipinski definition) is 1. The van der Waals surface area contributed by atoms with Crippen molar-refractivity contribution in [2.75, 3.05) is 24.7 Å². The van der Waals surface area contributed by atoms with E-state index in [1.165, 1.54) is 6.07 Å². The van der Waals surface area contributed by atoms with E-state index in [2.05, 4.69) is 5.32 Å². The Morgan fingerprint density at radius 1 is 1.10 bits per heavy atom. The number of carbonyl (C=O) groups is 1. The molecular formula is C23H25F2NO4S. The number of carbonyl (C=O) groups excluding carboxylic acids is 1. The number of rotatable bonds is 5. The maximum Gasteiger partial charge on any atom is 0.226 e. The topological polar surface area (TPSA) is 72.5 Å². The summed E-state index contributed by atoms with van der Waals surface area (Å²) in [4.78, 5) is 13.4. The van der Waals surface area contributed by atoms with E-state index in [9.17, 15) is 22.0 Å². The van der Waals surface area contributed by atoms with Gasteiger partial charge in [0.05, 0.1) is 16.9 Å². The standard InChI is InChI=1S/C23H25F2NO4S/c24-20-6-5-16(13-21(20)25)19-4-2-1-3-17(19)14-23(8-10-30-11-9-23)22(27)26-18-7-12-31(28,29)15-18/h1-6,13,18H,7-12,14-15H2,(H,26,27)/t18-/m1/s1. The minimum absolute atomic E-state index is 0.0310. The van der Waals surface area contributed by atoms with Crippen molar-refractivity contribution in [1.82, 2.24) is 5.32 Å². The number of sulfone groups is 1. The second-order valence-corrected chi connectivity index (χ2v) is 10.7. The molecule has 1 amide bonds. The molecule has 0 spiro atoms.